The average molecular weight is 334 g/mol. The molecule has 1 unspecified atom stereocenters. The minimum absolute atomic E-state index is 0.272. The molecule has 3 aromatic carbocycles. The van der Waals surface area contributed by atoms with Gasteiger partial charge in [-0.2, -0.15) is 0 Å². The van der Waals surface area contributed by atoms with E-state index in [-0.39, 0.29) is 11.7 Å². The maximum absolute atomic E-state index is 13.3. The van der Waals surface area contributed by atoms with Crippen molar-refractivity contribution in [3.05, 3.63) is 78.1 Å². The molecular formula is C20H15FN2O2. The van der Waals surface area contributed by atoms with E-state index >= 15 is 0 Å². The van der Waals surface area contributed by atoms with Crippen molar-refractivity contribution in [2.75, 3.05) is 5.32 Å². The molecule has 1 amide bonds. The zero-order chi connectivity index (χ0) is 17.2. The highest BCUT2D eigenvalue weighted by Gasteiger charge is 2.29. The number of anilines is 1. The Morgan fingerprint density at radius 2 is 1.88 bits per heavy atom. The second kappa shape index (κ2) is 6.36. The normalized spacial score (nSPS) is 16.4. The molecule has 0 radical (unpaired) electrons. The number of hydrogen-bond donors (Lipinski definition) is 1. The molecule has 1 atom stereocenters. The highest BCUT2D eigenvalue weighted by atomic mass is 19.1. The molecule has 0 fully saturated rings. The van der Waals surface area contributed by atoms with E-state index < -0.39 is 6.10 Å². The Hall–Kier alpha value is -3.21. The van der Waals surface area contributed by atoms with E-state index in [9.17, 15) is 9.18 Å². The second-order valence-corrected chi connectivity index (χ2v) is 5.86. The largest absolute Gasteiger partial charge is 0.382 e. The lowest BCUT2D eigenvalue weighted by Crippen LogP contribution is -2.28. The van der Waals surface area contributed by atoms with Crippen molar-refractivity contribution < 1.29 is 14.0 Å². The van der Waals surface area contributed by atoms with Gasteiger partial charge >= 0.3 is 0 Å². The van der Waals surface area contributed by atoms with Gasteiger partial charge in [0.15, 0.2) is 0 Å². The first kappa shape index (κ1) is 15.3. The predicted octanol–water partition coefficient (Wildman–Crippen LogP) is 4.11. The van der Waals surface area contributed by atoms with Gasteiger partial charge in [0, 0.05) is 23.1 Å². The lowest BCUT2D eigenvalue weighted by atomic mass is 10.0. The van der Waals surface area contributed by atoms with Crippen LogP contribution in [-0.4, -0.2) is 17.7 Å². The van der Waals surface area contributed by atoms with Crippen LogP contribution in [0.4, 0.5) is 10.1 Å². The molecule has 0 saturated carbocycles. The first-order chi connectivity index (χ1) is 12.2. The Morgan fingerprint density at radius 1 is 1.08 bits per heavy atom. The summed E-state index contributed by atoms with van der Waals surface area (Å²) in [5.41, 5.74) is 1.92. The number of hydrogen-bond acceptors (Lipinski definition) is 3. The lowest BCUT2D eigenvalue weighted by Gasteiger charge is -2.11. The molecule has 1 aliphatic rings. The van der Waals surface area contributed by atoms with Gasteiger partial charge in [0.2, 0.25) is 6.10 Å². The number of nitrogens with one attached hydrogen (secondary N) is 1. The first-order valence-corrected chi connectivity index (χ1v) is 7.98. The number of amides is 1. The Kier molecular flexibility index (Phi) is 3.90. The summed E-state index contributed by atoms with van der Waals surface area (Å²) in [6, 6.07) is 19.7. The van der Waals surface area contributed by atoms with Crippen molar-refractivity contribution in [1.29, 1.82) is 0 Å². The monoisotopic (exact) mass is 334 g/mol. The quantitative estimate of drug-likeness (QED) is 0.783. The fraction of sp³-hybridized carbons (Fsp3) is 0.100. The standard InChI is InChI=1S/C20H15FN2O2/c21-15-8-3-7-14(11-15)18-12-19(25-23-18)20(24)22-17-10-4-6-13-5-1-2-9-16(13)17/h1-11,19H,12H2,(H,22,24). The first-order valence-electron chi connectivity index (χ1n) is 7.98. The molecule has 4 rings (SSSR count). The summed E-state index contributed by atoms with van der Waals surface area (Å²) >= 11 is 0. The van der Waals surface area contributed by atoms with Crippen molar-refractivity contribution in [2.45, 2.75) is 12.5 Å². The molecule has 124 valence electrons. The summed E-state index contributed by atoms with van der Waals surface area (Å²) in [6.07, 6.45) is -0.419. The van der Waals surface area contributed by atoms with Crippen LogP contribution in [-0.2, 0) is 9.63 Å². The van der Waals surface area contributed by atoms with Crippen LogP contribution in [0.15, 0.2) is 71.9 Å². The van der Waals surface area contributed by atoms with E-state index in [1.807, 2.05) is 42.5 Å². The molecule has 0 spiro atoms. The number of fused-ring (bicyclic) bond motifs is 1. The predicted molar refractivity (Wildman–Crippen MR) is 95.0 cm³/mol. The third kappa shape index (κ3) is 3.08. The van der Waals surface area contributed by atoms with Gasteiger partial charge in [-0.3, -0.25) is 4.79 Å². The molecule has 4 nitrogen and oxygen atoms in total. The molecular weight excluding hydrogens is 319 g/mol. The number of carbonyl (C=O) groups excluding carboxylic acids is 1. The van der Waals surface area contributed by atoms with Gasteiger partial charge in [-0.1, -0.05) is 53.7 Å². The van der Waals surface area contributed by atoms with Crippen molar-refractivity contribution in [3.8, 4) is 0 Å². The summed E-state index contributed by atoms with van der Waals surface area (Å²) < 4.78 is 13.3. The summed E-state index contributed by atoms with van der Waals surface area (Å²) in [7, 11) is 0. The van der Waals surface area contributed by atoms with Gasteiger partial charge in [0.05, 0.1) is 5.71 Å². The highest BCUT2D eigenvalue weighted by molar-refractivity contribution is 6.08. The number of halogens is 1. The van der Waals surface area contributed by atoms with E-state index in [2.05, 4.69) is 10.5 Å². The van der Waals surface area contributed by atoms with Gasteiger partial charge in [-0.05, 0) is 23.6 Å². The van der Waals surface area contributed by atoms with E-state index in [1.54, 1.807) is 12.1 Å². The molecule has 0 aromatic heterocycles. The lowest BCUT2D eigenvalue weighted by molar-refractivity contribution is -0.125. The SMILES string of the molecule is O=C(Nc1cccc2ccccc12)C1CC(c2cccc(F)c2)=NO1. The summed E-state index contributed by atoms with van der Waals surface area (Å²) in [5, 5.41) is 8.85. The van der Waals surface area contributed by atoms with Gasteiger partial charge in [0.25, 0.3) is 5.91 Å². The third-order valence-electron chi connectivity index (χ3n) is 4.17. The molecule has 0 saturated heterocycles. The molecule has 1 aliphatic heterocycles. The molecule has 0 bridgehead atoms. The van der Waals surface area contributed by atoms with Gasteiger partial charge in [-0.25, -0.2) is 4.39 Å². The smallest absolute Gasteiger partial charge is 0.268 e. The number of oxime groups is 1. The molecule has 1 N–H and O–H groups in total. The van der Waals surface area contributed by atoms with Crippen LogP contribution in [0.5, 0.6) is 0 Å². The molecule has 1 heterocycles. The van der Waals surface area contributed by atoms with Gasteiger partial charge in [0.1, 0.15) is 5.82 Å². The Balaban J connectivity index is 1.49. The molecule has 3 aromatic rings. The zero-order valence-electron chi connectivity index (χ0n) is 13.3. The summed E-state index contributed by atoms with van der Waals surface area (Å²) in [6.45, 7) is 0. The maximum Gasteiger partial charge on any atom is 0.268 e. The highest BCUT2D eigenvalue weighted by Crippen LogP contribution is 2.24. The zero-order valence-corrected chi connectivity index (χ0v) is 13.3. The van der Waals surface area contributed by atoms with Crippen molar-refractivity contribution in [3.63, 3.8) is 0 Å². The third-order valence-corrected chi connectivity index (χ3v) is 4.17. The fourth-order valence-corrected chi connectivity index (χ4v) is 2.90. The Labute approximate surface area is 143 Å². The molecule has 0 aliphatic carbocycles. The fourth-order valence-electron chi connectivity index (χ4n) is 2.90. The summed E-state index contributed by atoms with van der Waals surface area (Å²) in [4.78, 5) is 17.8. The van der Waals surface area contributed by atoms with Crippen LogP contribution < -0.4 is 5.32 Å². The number of rotatable bonds is 3. The van der Waals surface area contributed by atoms with Crippen LogP contribution >= 0.6 is 0 Å². The van der Waals surface area contributed by atoms with E-state index in [0.717, 1.165) is 16.5 Å². The second-order valence-electron chi connectivity index (χ2n) is 5.86. The number of nitrogens with zero attached hydrogens (tertiary/aromatic N) is 1. The van der Waals surface area contributed by atoms with Crippen LogP contribution in [0.2, 0.25) is 0 Å². The molecule has 5 heteroatoms. The maximum atomic E-state index is 13.3. The topological polar surface area (TPSA) is 50.7 Å². The average Bonchev–Trinajstić information content (AvgIpc) is 3.12. The van der Waals surface area contributed by atoms with Crippen molar-refractivity contribution in [2.24, 2.45) is 5.16 Å². The van der Waals surface area contributed by atoms with E-state index in [0.29, 0.717) is 17.7 Å². The van der Waals surface area contributed by atoms with E-state index in [4.69, 9.17) is 4.84 Å². The molecule has 25 heavy (non-hydrogen) atoms. The van der Waals surface area contributed by atoms with Crippen LogP contribution in [0.3, 0.4) is 0 Å². The minimum atomic E-state index is -0.725. The van der Waals surface area contributed by atoms with Crippen LogP contribution in [0.25, 0.3) is 10.8 Å². The van der Waals surface area contributed by atoms with Gasteiger partial charge < -0.3 is 10.2 Å². The Bertz CT molecular complexity index is 979. The summed E-state index contributed by atoms with van der Waals surface area (Å²) in [5.74, 6) is -0.615. The van der Waals surface area contributed by atoms with Crippen molar-refractivity contribution >= 4 is 28.1 Å². The van der Waals surface area contributed by atoms with E-state index in [1.165, 1.54) is 12.1 Å². The Morgan fingerprint density at radius 3 is 2.76 bits per heavy atom. The van der Waals surface area contributed by atoms with Crippen molar-refractivity contribution in [1.82, 2.24) is 0 Å². The number of benzene rings is 3. The van der Waals surface area contributed by atoms with Gasteiger partial charge in [-0.15, -0.1) is 0 Å². The van der Waals surface area contributed by atoms with Crippen LogP contribution in [0.1, 0.15) is 12.0 Å². The number of carbonyl (C=O) groups is 1. The van der Waals surface area contributed by atoms with Crippen LogP contribution in [0, 0.1) is 5.82 Å². The minimum Gasteiger partial charge on any atom is -0.382 e.